The van der Waals surface area contributed by atoms with Gasteiger partial charge in [-0.2, -0.15) is 5.26 Å². The molecule has 0 bridgehead atoms. The van der Waals surface area contributed by atoms with Gasteiger partial charge in [0.1, 0.15) is 23.4 Å². The Balaban J connectivity index is 2.56. The number of phenols is 1. The summed E-state index contributed by atoms with van der Waals surface area (Å²) in [4.78, 5) is 23.2. The number of nitrogens with one attached hydrogen (secondary N) is 2. The maximum atomic E-state index is 12.0. The zero-order valence-electron chi connectivity index (χ0n) is 14.3. The van der Waals surface area contributed by atoms with Gasteiger partial charge < -0.3 is 20.8 Å². The van der Waals surface area contributed by atoms with E-state index in [-0.39, 0.29) is 23.7 Å². The number of aliphatic carboxylic acids is 1. The average Bonchev–Trinajstić information content (AvgIpc) is 2.55. The topological polar surface area (TPSA) is 122 Å². The van der Waals surface area contributed by atoms with Crippen LogP contribution in [0.4, 0.5) is 0 Å². The summed E-state index contributed by atoms with van der Waals surface area (Å²) in [5.74, 6) is -1.55. The number of benzene rings is 1. The SMILES string of the molecule is CC(C)CC(NC(=O)/C(C#N)=C\NCCc1ccc(O)cc1)C(=O)O. The Morgan fingerprint density at radius 2 is 1.92 bits per heavy atom. The predicted molar refractivity (Wildman–Crippen MR) is 92.5 cm³/mol. The van der Waals surface area contributed by atoms with Crippen molar-refractivity contribution in [1.82, 2.24) is 10.6 Å². The van der Waals surface area contributed by atoms with Crippen LogP contribution < -0.4 is 10.6 Å². The van der Waals surface area contributed by atoms with Crippen molar-refractivity contribution in [3.05, 3.63) is 41.6 Å². The minimum absolute atomic E-state index is 0.0966. The maximum absolute atomic E-state index is 12.0. The molecular formula is C18H23N3O4. The number of nitriles is 1. The molecule has 1 aromatic rings. The molecule has 0 aliphatic heterocycles. The summed E-state index contributed by atoms with van der Waals surface area (Å²) >= 11 is 0. The molecule has 0 aliphatic carbocycles. The van der Waals surface area contributed by atoms with Crippen LogP contribution in [0.5, 0.6) is 5.75 Å². The van der Waals surface area contributed by atoms with Crippen LogP contribution in [-0.4, -0.2) is 34.7 Å². The van der Waals surface area contributed by atoms with Crippen LogP contribution in [0.25, 0.3) is 0 Å². The smallest absolute Gasteiger partial charge is 0.326 e. The fourth-order valence-electron chi connectivity index (χ4n) is 2.13. The summed E-state index contributed by atoms with van der Waals surface area (Å²) in [5, 5.41) is 32.7. The van der Waals surface area contributed by atoms with E-state index in [1.54, 1.807) is 30.3 Å². The van der Waals surface area contributed by atoms with E-state index >= 15 is 0 Å². The number of aromatic hydroxyl groups is 1. The number of carbonyl (C=O) groups excluding carboxylic acids is 1. The van der Waals surface area contributed by atoms with E-state index in [4.69, 9.17) is 10.4 Å². The van der Waals surface area contributed by atoms with Crippen molar-refractivity contribution >= 4 is 11.9 Å². The van der Waals surface area contributed by atoms with Crippen LogP contribution in [0.1, 0.15) is 25.8 Å². The van der Waals surface area contributed by atoms with Gasteiger partial charge in [0.15, 0.2) is 0 Å². The Morgan fingerprint density at radius 3 is 2.44 bits per heavy atom. The number of carbonyl (C=O) groups is 2. The van der Waals surface area contributed by atoms with Crippen LogP contribution in [0.15, 0.2) is 36.0 Å². The molecule has 0 saturated carbocycles. The molecule has 25 heavy (non-hydrogen) atoms. The van der Waals surface area contributed by atoms with Crippen LogP contribution in [0, 0.1) is 17.2 Å². The van der Waals surface area contributed by atoms with Crippen molar-refractivity contribution < 1.29 is 19.8 Å². The van der Waals surface area contributed by atoms with Gasteiger partial charge in [0.2, 0.25) is 0 Å². The predicted octanol–water partition coefficient (Wildman–Crippen LogP) is 1.55. The van der Waals surface area contributed by atoms with Gasteiger partial charge in [-0.25, -0.2) is 4.79 Å². The Morgan fingerprint density at radius 1 is 1.28 bits per heavy atom. The fraction of sp³-hybridized carbons (Fsp3) is 0.389. The highest BCUT2D eigenvalue weighted by molar-refractivity contribution is 5.99. The lowest BCUT2D eigenvalue weighted by molar-refractivity contribution is -0.141. The van der Waals surface area contributed by atoms with E-state index in [2.05, 4.69) is 10.6 Å². The summed E-state index contributed by atoms with van der Waals surface area (Å²) in [7, 11) is 0. The van der Waals surface area contributed by atoms with Gasteiger partial charge in [0.25, 0.3) is 5.91 Å². The third-order valence-electron chi connectivity index (χ3n) is 3.42. The van der Waals surface area contributed by atoms with Crippen LogP contribution >= 0.6 is 0 Å². The molecule has 134 valence electrons. The molecule has 1 rings (SSSR count). The second kappa shape index (κ2) is 9.98. The van der Waals surface area contributed by atoms with Gasteiger partial charge in [0, 0.05) is 12.7 Å². The summed E-state index contributed by atoms with van der Waals surface area (Å²) < 4.78 is 0. The van der Waals surface area contributed by atoms with Crippen LogP contribution in [0.3, 0.4) is 0 Å². The summed E-state index contributed by atoms with van der Waals surface area (Å²) in [6.07, 6.45) is 2.21. The summed E-state index contributed by atoms with van der Waals surface area (Å²) in [5.41, 5.74) is 0.810. The maximum Gasteiger partial charge on any atom is 0.326 e. The van der Waals surface area contributed by atoms with E-state index < -0.39 is 17.9 Å². The monoisotopic (exact) mass is 345 g/mol. The summed E-state index contributed by atoms with van der Waals surface area (Å²) in [6.45, 7) is 4.19. The van der Waals surface area contributed by atoms with Crippen molar-refractivity contribution in [2.75, 3.05) is 6.54 Å². The molecule has 1 unspecified atom stereocenters. The summed E-state index contributed by atoms with van der Waals surface area (Å²) in [6, 6.07) is 7.47. The molecule has 1 aromatic carbocycles. The first kappa shape index (κ1) is 20.0. The zero-order valence-corrected chi connectivity index (χ0v) is 14.3. The highest BCUT2D eigenvalue weighted by Gasteiger charge is 2.22. The molecule has 0 fully saturated rings. The molecule has 0 heterocycles. The van der Waals surface area contributed by atoms with Crippen molar-refractivity contribution in [2.45, 2.75) is 32.7 Å². The van der Waals surface area contributed by atoms with Crippen molar-refractivity contribution in [3.63, 3.8) is 0 Å². The average molecular weight is 345 g/mol. The van der Waals surface area contributed by atoms with E-state index in [1.165, 1.54) is 6.20 Å². The first-order valence-electron chi connectivity index (χ1n) is 7.98. The molecular weight excluding hydrogens is 322 g/mol. The fourth-order valence-corrected chi connectivity index (χ4v) is 2.13. The van der Waals surface area contributed by atoms with E-state index in [0.29, 0.717) is 13.0 Å². The van der Waals surface area contributed by atoms with Gasteiger partial charge in [-0.05, 0) is 36.5 Å². The highest BCUT2D eigenvalue weighted by atomic mass is 16.4. The van der Waals surface area contributed by atoms with E-state index in [1.807, 2.05) is 13.8 Å². The Kier molecular flexibility index (Phi) is 8.00. The number of hydrogen-bond donors (Lipinski definition) is 4. The number of carboxylic acid groups (broad SMARTS) is 1. The largest absolute Gasteiger partial charge is 0.508 e. The van der Waals surface area contributed by atoms with Crippen molar-refractivity contribution in [3.8, 4) is 11.8 Å². The number of carboxylic acids is 1. The molecule has 1 amide bonds. The molecule has 0 radical (unpaired) electrons. The molecule has 7 heteroatoms. The second-order valence-corrected chi connectivity index (χ2v) is 6.03. The zero-order chi connectivity index (χ0) is 18.8. The van der Waals surface area contributed by atoms with Gasteiger partial charge in [-0.1, -0.05) is 26.0 Å². The highest BCUT2D eigenvalue weighted by Crippen LogP contribution is 2.09. The van der Waals surface area contributed by atoms with Crippen LogP contribution in [0.2, 0.25) is 0 Å². The Hall–Kier alpha value is -3.01. The number of hydrogen-bond acceptors (Lipinski definition) is 5. The Labute approximate surface area is 147 Å². The third kappa shape index (κ3) is 7.40. The first-order chi connectivity index (χ1) is 11.8. The molecule has 0 saturated heterocycles. The molecule has 1 atom stereocenters. The lowest BCUT2D eigenvalue weighted by Crippen LogP contribution is -2.42. The second-order valence-electron chi connectivity index (χ2n) is 6.03. The number of nitrogens with zero attached hydrogens (tertiary/aromatic N) is 1. The molecule has 0 spiro atoms. The minimum atomic E-state index is -1.13. The number of rotatable bonds is 9. The van der Waals surface area contributed by atoms with E-state index in [0.717, 1.165) is 5.56 Å². The van der Waals surface area contributed by atoms with Crippen molar-refractivity contribution in [1.29, 1.82) is 5.26 Å². The number of amides is 1. The molecule has 7 nitrogen and oxygen atoms in total. The van der Waals surface area contributed by atoms with Gasteiger partial charge in [-0.15, -0.1) is 0 Å². The normalized spacial score (nSPS) is 12.3. The standard InChI is InChI=1S/C18H23N3O4/c1-12(2)9-16(18(24)25)21-17(23)14(10-19)11-20-8-7-13-3-5-15(22)6-4-13/h3-6,11-12,16,20,22H,7-9H2,1-2H3,(H,21,23)(H,24,25)/b14-11-. The van der Waals surface area contributed by atoms with E-state index in [9.17, 15) is 14.7 Å². The van der Waals surface area contributed by atoms with Gasteiger partial charge in [0.05, 0.1) is 0 Å². The number of phenolic OH excluding ortho intramolecular Hbond substituents is 1. The van der Waals surface area contributed by atoms with Gasteiger partial charge in [-0.3, -0.25) is 4.79 Å². The first-order valence-corrected chi connectivity index (χ1v) is 7.98. The minimum Gasteiger partial charge on any atom is -0.508 e. The Bertz CT molecular complexity index is 660. The van der Waals surface area contributed by atoms with Crippen LogP contribution in [-0.2, 0) is 16.0 Å². The molecule has 0 aliphatic rings. The molecule has 4 N–H and O–H groups in total. The quantitative estimate of drug-likeness (QED) is 0.306. The van der Waals surface area contributed by atoms with Crippen molar-refractivity contribution in [2.24, 2.45) is 5.92 Å². The van der Waals surface area contributed by atoms with Gasteiger partial charge >= 0.3 is 5.97 Å². The molecule has 0 aromatic heterocycles. The third-order valence-corrected chi connectivity index (χ3v) is 3.42. The lowest BCUT2D eigenvalue weighted by atomic mass is 10.0. The lowest BCUT2D eigenvalue weighted by Gasteiger charge is -2.16.